The van der Waals surface area contributed by atoms with Gasteiger partial charge in [-0.2, -0.15) is 0 Å². The molecule has 0 radical (unpaired) electrons. The molecule has 0 N–H and O–H groups in total. The van der Waals surface area contributed by atoms with Crippen LogP contribution in [0.15, 0.2) is 152 Å². The Balaban J connectivity index is 0.901. The van der Waals surface area contributed by atoms with E-state index in [1.807, 2.05) is 42.5 Å². The van der Waals surface area contributed by atoms with E-state index >= 15 is 0 Å². The number of imide groups is 1. The number of hydrogen-bond donors (Lipinski definition) is 0. The summed E-state index contributed by atoms with van der Waals surface area (Å²) in [4.78, 5) is 41.8. The highest BCUT2D eigenvalue weighted by molar-refractivity contribution is 7.20. The predicted molar refractivity (Wildman–Crippen MR) is 286 cm³/mol. The van der Waals surface area contributed by atoms with Gasteiger partial charge in [0.25, 0.3) is 11.8 Å². The highest BCUT2D eigenvalue weighted by Gasteiger charge is 2.22. The summed E-state index contributed by atoms with van der Waals surface area (Å²) in [7, 11) is 0. The second-order valence-electron chi connectivity index (χ2n) is 16.4. The van der Waals surface area contributed by atoms with Crippen LogP contribution in [0.4, 0.5) is 17.1 Å². The van der Waals surface area contributed by atoms with Crippen LogP contribution in [0.25, 0.3) is 67.1 Å². The van der Waals surface area contributed by atoms with E-state index in [9.17, 15) is 9.59 Å². The lowest BCUT2D eigenvalue weighted by Gasteiger charge is -2.26. The topological polar surface area (TPSA) is 88.5 Å². The minimum absolute atomic E-state index is 0.209. The molecule has 9 aromatic rings. The Bertz CT molecular complexity index is 3100. The van der Waals surface area contributed by atoms with Crippen molar-refractivity contribution in [3.63, 3.8) is 0 Å². The molecular weight excluding hydrogens is 899 g/mol. The fourth-order valence-electron chi connectivity index (χ4n) is 8.13. The van der Waals surface area contributed by atoms with Crippen LogP contribution in [0, 0.1) is 0 Å². The predicted octanol–water partition coefficient (Wildman–Crippen LogP) is 15.1. The molecule has 0 atom stereocenters. The van der Waals surface area contributed by atoms with Gasteiger partial charge in [-0.05, 0) is 121 Å². The number of rotatable bonds is 19. The van der Waals surface area contributed by atoms with Crippen LogP contribution < -0.4 is 9.64 Å². The van der Waals surface area contributed by atoms with Gasteiger partial charge in [0, 0.05) is 47.4 Å². The second kappa shape index (κ2) is 21.1. The van der Waals surface area contributed by atoms with Gasteiger partial charge in [0.1, 0.15) is 20.8 Å². The van der Waals surface area contributed by atoms with Crippen LogP contribution in [-0.2, 0) is 9.59 Å². The van der Waals surface area contributed by atoms with Gasteiger partial charge in [0.15, 0.2) is 0 Å². The average molecular weight is 946 g/mol. The number of anilines is 3. The Kier molecular flexibility index (Phi) is 13.8. The molecule has 0 saturated heterocycles. The van der Waals surface area contributed by atoms with Crippen molar-refractivity contribution in [1.82, 2.24) is 19.9 Å². The van der Waals surface area contributed by atoms with Crippen LogP contribution in [0.5, 0.6) is 5.75 Å². The lowest BCUT2D eigenvalue weighted by Crippen LogP contribution is -2.30. The molecular formula is C57H47N5O3S3. The fourth-order valence-corrected chi connectivity index (χ4v) is 10.7. The minimum Gasteiger partial charge on any atom is -0.493 e. The molecule has 4 heterocycles. The fraction of sp³-hybridized carbons (Fsp3) is 0.140. The number of carbonyl (C=O) groups is 2. The van der Waals surface area contributed by atoms with Crippen molar-refractivity contribution in [2.45, 2.75) is 38.5 Å². The number of fused-ring (bicyclic) bond motifs is 3. The zero-order valence-electron chi connectivity index (χ0n) is 37.2. The summed E-state index contributed by atoms with van der Waals surface area (Å²) < 4.78 is 10.2. The molecule has 0 fully saturated rings. The summed E-state index contributed by atoms with van der Waals surface area (Å²) in [5.41, 5.74) is 9.15. The van der Waals surface area contributed by atoms with Crippen LogP contribution in [0.2, 0.25) is 0 Å². The largest absolute Gasteiger partial charge is 0.493 e. The van der Waals surface area contributed by atoms with E-state index < -0.39 is 0 Å². The third-order valence-corrected chi connectivity index (χ3v) is 14.7. The third kappa shape index (κ3) is 10.8. The maximum atomic E-state index is 11.9. The summed E-state index contributed by atoms with van der Waals surface area (Å²) in [6, 6.07) is 48.4. The Hall–Kier alpha value is -7.31. The van der Waals surface area contributed by atoms with Gasteiger partial charge in [0.05, 0.1) is 37.3 Å². The van der Waals surface area contributed by atoms with Crippen LogP contribution in [-0.4, -0.2) is 44.8 Å². The maximum absolute atomic E-state index is 11.9. The molecule has 0 bridgehead atoms. The molecule has 0 saturated carbocycles. The van der Waals surface area contributed by atoms with Crippen LogP contribution >= 0.6 is 34.0 Å². The molecule has 1 aliphatic rings. The van der Waals surface area contributed by atoms with E-state index in [1.165, 1.54) is 26.5 Å². The van der Waals surface area contributed by atoms with E-state index in [0.717, 1.165) is 114 Å². The molecule has 10 rings (SSSR count). The molecule has 6 aromatic carbocycles. The summed E-state index contributed by atoms with van der Waals surface area (Å²) in [5.74, 6) is 0.377. The van der Waals surface area contributed by atoms with E-state index in [4.69, 9.17) is 19.7 Å². The Labute approximate surface area is 407 Å². The number of thiazole rings is 3. The molecule has 0 aliphatic carbocycles. The monoisotopic (exact) mass is 945 g/mol. The highest BCUT2D eigenvalue weighted by atomic mass is 32.1. The number of para-hydroxylation sites is 3. The van der Waals surface area contributed by atoms with Crippen molar-refractivity contribution in [3.05, 3.63) is 183 Å². The molecule has 0 spiro atoms. The molecule has 68 heavy (non-hydrogen) atoms. The van der Waals surface area contributed by atoms with Crippen molar-refractivity contribution < 1.29 is 14.3 Å². The van der Waals surface area contributed by atoms with Crippen molar-refractivity contribution >= 4 is 130 Å². The summed E-state index contributed by atoms with van der Waals surface area (Å²) in [6.45, 7) is 1.05. The van der Waals surface area contributed by atoms with Crippen molar-refractivity contribution in [2.24, 2.45) is 0 Å². The first-order valence-corrected chi connectivity index (χ1v) is 25.4. The molecule has 11 heteroatoms. The molecule has 0 unspecified atom stereocenters. The molecule has 3 aromatic heterocycles. The van der Waals surface area contributed by atoms with Crippen LogP contribution in [0.1, 0.15) is 70.2 Å². The number of carbonyl (C=O) groups excluding carboxylic acids is 2. The summed E-state index contributed by atoms with van der Waals surface area (Å²) in [6.07, 6.45) is 21.1. The van der Waals surface area contributed by atoms with E-state index in [1.54, 1.807) is 34.0 Å². The third-order valence-electron chi connectivity index (χ3n) is 11.7. The minimum atomic E-state index is -0.209. The maximum Gasteiger partial charge on any atom is 0.253 e. The zero-order valence-corrected chi connectivity index (χ0v) is 39.7. The Morgan fingerprint density at radius 2 is 0.912 bits per heavy atom. The van der Waals surface area contributed by atoms with Gasteiger partial charge in [-0.25, -0.2) is 15.0 Å². The van der Waals surface area contributed by atoms with Gasteiger partial charge in [-0.3, -0.25) is 14.5 Å². The number of amides is 2. The van der Waals surface area contributed by atoms with Gasteiger partial charge < -0.3 is 9.64 Å². The van der Waals surface area contributed by atoms with Crippen molar-refractivity contribution in [2.75, 3.05) is 18.1 Å². The quantitative estimate of drug-likeness (QED) is 0.0589. The normalized spacial score (nSPS) is 13.0. The van der Waals surface area contributed by atoms with E-state index in [-0.39, 0.29) is 11.8 Å². The first-order valence-electron chi connectivity index (χ1n) is 22.9. The number of aromatic nitrogens is 3. The Morgan fingerprint density at radius 3 is 1.41 bits per heavy atom. The SMILES string of the molecule is O=C1C=CC(=O)N1CCCCCCCCOc1cc(N(c2ccc(/C=C/c3nc4ccccc4s3)cc2)c2ccc(/C=C/c3nc4ccccc4s3)cc2)ccc1C=Cc1nc2ccccc2s1. The molecule has 2 amide bonds. The molecule has 1 aliphatic heterocycles. The van der Waals surface area contributed by atoms with Crippen molar-refractivity contribution in [3.8, 4) is 5.75 Å². The molecule has 336 valence electrons. The second-order valence-corrected chi connectivity index (χ2v) is 19.6. The van der Waals surface area contributed by atoms with Gasteiger partial charge in [0.2, 0.25) is 0 Å². The lowest BCUT2D eigenvalue weighted by atomic mass is 10.1. The number of benzene rings is 6. The number of nitrogens with zero attached hydrogens (tertiary/aromatic N) is 5. The number of unbranched alkanes of at least 4 members (excludes halogenated alkanes) is 5. The van der Waals surface area contributed by atoms with E-state index in [0.29, 0.717) is 13.2 Å². The van der Waals surface area contributed by atoms with Gasteiger partial charge in [-0.1, -0.05) is 98.5 Å². The van der Waals surface area contributed by atoms with Crippen LogP contribution in [0.3, 0.4) is 0 Å². The number of hydrogen-bond acceptors (Lipinski definition) is 10. The smallest absolute Gasteiger partial charge is 0.253 e. The highest BCUT2D eigenvalue weighted by Crippen LogP contribution is 2.39. The zero-order chi connectivity index (χ0) is 46.1. The lowest BCUT2D eigenvalue weighted by molar-refractivity contribution is -0.136. The summed E-state index contributed by atoms with van der Waals surface area (Å²) in [5, 5.41) is 2.89. The molecule has 8 nitrogen and oxygen atoms in total. The van der Waals surface area contributed by atoms with Crippen molar-refractivity contribution in [1.29, 1.82) is 0 Å². The standard InChI is InChI=1S/C57H47N5O3S3/c63-56-35-36-57(64)61(56)37-11-3-1-2-4-12-38-65-49-39-45(31-25-42(49)26-34-55-60-48-15-7-10-18-52(48)68-55)62(43-27-19-40(20-28-43)23-32-53-58-46-13-5-8-16-50(46)66-53)44-29-21-41(22-30-44)24-33-54-59-47-14-6-9-17-51(47)67-54/h5-10,13-36,39H,1-4,11-12,37-38H2/b32-23+,33-24+,34-26?. The first-order chi connectivity index (χ1) is 33.5. The average Bonchev–Trinajstić information content (AvgIpc) is 4.17. The number of ether oxygens (including phenoxy) is 1. The van der Waals surface area contributed by atoms with Gasteiger partial charge >= 0.3 is 0 Å². The first kappa shape index (κ1) is 44.5. The summed E-state index contributed by atoms with van der Waals surface area (Å²) >= 11 is 5.05. The Morgan fingerprint density at radius 1 is 0.471 bits per heavy atom. The van der Waals surface area contributed by atoms with Gasteiger partial charge in [-0.15, -0.1) is 34.0 Å². The van der Waals surface area contributed by atoms with E-state index in [2.05, 4.69) is 138 Å².